The Bertz CT molecular complexity index is 1100. The Balaban J connectivity index is 1.83. The number of nitrogens with zero attached hydrogens (tertiary/aromatic N) is 3. The minimum Gasteiger partial charge on any atom is -0.381 e. The van der Waals surface area contributed by atoms with E-state index in [2.05, 4.69) is 32.4 Å². The highest BCUT2D eigenvalue weighted by atomic mass is 16.5. The van der Waals surface area contributed by atoms with Gasteiger partial charge in [0.15, 0.2) is 0 Å². The summed E-state index contributed by atoms with van der Waals surface area (Å²) in [7, 11) is 1.64. The molecule has 0 radical (unpaired) electrons. The van der Waals surface area contributed by atoms with Crippen LogP contribution in [-0.2, 0) is 4.74 Å². The number of benzene rings is 1. The van der Waals surface area contributed by atoms with Crippen molar-refractivity contribution < 1.29 is 4.74 Å². The van der Waals surface area contributed by atoms with E-state index in [-0.39, 0.29) is 5.56 Å². The summed E-state index contributed by atoms with van der Waals surface area (Å²) in [5.74, 6) is 0. The number of pyridine rings is 1. The van der Waals surface area contributed by atoms with Crippen molar-refractivity contribution in [3.8, 4) is 0 Å². The molecule has 28 heavy (non-hydrogen) atoms. The van der Waals surface area contributed by atoms with Crippen LogP contribution in [0.3, 0.4) is 0 Å². The van der Waals surface area contributed by atoms with E-state index >= 15 is 0 Å². The van der Waals surface area contributed by atoms with Gasteiger partial charge in [0.05, 0.1) is 28.7 Å². The molecule has 0 unspecified atom stereocenters. The van der Waals surface area contributed by atoms with Gasteiger partial charge in [0.1, 0.15) is 0 Å². The minimum absolute atomic E-state index is 0.104. The van der Waals surface area contributed by atoms with Crippen LogP contribution in [0.25, 0.3) is 27.5 Å². The first-order chi connectivity index (χ1) is 13.7. The molecule has 0 saturated carbocycles. The fourth-order valence-electron chi connectivity index (χ4n) is 3.61. The number of H-pyrrole nitrogens is 1. The van der Waals surface area contributed by atoms with Crippen molar-refractivity contribution in [2.75, 3.05) is 44.8 Å². The molecule has 3 aromatic rings. The van der Waals surface area contributed by atoms with E-state index in [9.17, 15) is 4.79 Å². The van der Waals surface area contributed by atoms with Crippen molar-refractivity contribution in [3.63, 3.8) is 0 Å². The standard InChI is InChI=1S/C21H25N5O2/c1-3-15(5-4-12-28-2)26-21(27)18-14-23-19-7-6-16(13-17(19)20(18)24-26)25-10-8-22-9-11-25/h3-7,13-14,22,24H,8-12H2,1-2H3/b5-4-,15-3+. The Hall–Kier alpha value is -2.90. The van der Waals surface area contributed by atoms with Gasteiger partial charge in [0.2, 0.25) is 0 Å². The van der Waals surface area contributed by atoms with Crippen molar-refractivity contribution in [1.82, 2.24) is 20.1 Å². The summed E-state index contributed by atoms with van der Waals surface area (Å²) < 4.78 is 6.62. The van der Waals surface area contributed by atoms with Gasteiger partial charge in [-0.3, -0.25) is 14.9 Å². The molecule has 1 aliphatic rings. The Kier molecular flexibility index (Phi) is 5.27. The lowest BCUT2D eigenvalue weighted by atomic mass is 10.1. The van der Waals surface area contributed by atoms with Gasteiger partial charge < -0.3 is 15.0 Å². The molecule has 7 heteroatoms. The van der Waals surface area contributed by atoms with E-state index in [1.807, 2.05) is 31.2 Å². The van der Waals surface area contributed by atoms with Crippen LogP contribution in [0.5, 0.6) is 0 Å². The molecule has 1 saturated heterocycles. The summed E-state index contributed by atoms with van der Waals surface area (Å²) in [5, 5.41) is 8.21. The van der Waals surface area contributed by atoms with E-state index in [0.717, 1.165) is 54.0 Å². The van der Waals surface area contributed by atoms with Gasteiger partial charge in [-0.2, -0.15) is 0 Å². The lowest BCUT2D eigenvalue weighted by molar-refractivity contribution is 0.234. The second-order valence-corrected chi connectivity index (χ2v) is 6.81. The summed E-state index contributed by atoms with van der Waals surface area (Å²) in [6, 6.07) is 6.26. The molecule has 0 spiro atoms. The lowest BCUT2D eigenvalue weighted by Crippen LogP contribution is -2.43. The molecule has 1 aromatic carbocycles. The topological polar surface area (TPSA) is 75.2 Å². The summed E-state index contributed by atoms with van der Waals surface area (Å²) in [5.41, 5.74) is 3.50. The molecule has 7 nitrogen and oxygen atoms in total. The van der Waals surface area contributed by atoms with Crippen molar-refractivity contribution in [3.05, 3.63) is 53.0 Å². The van der Waals surface area contributed by atoms with Gasteiger partial charge in [-0.15, -0.1) is 0 Å². The van der Waals surface area contributed by atoms with Gasteiger partial charge >= 0.3 is 0 Å². The summed E-state index contributed by atoms with van der Waals surface area (Å²) in [4.78, 5) is 19.8. The van der Waals surface area contributed by atoms with E-state index in [0.29, 0.717) is 12.0 Å². The SMILES string of the molecule is C/C=C(\C=C/COC)n1[nH]c2c(cnc3ccc(N4CCNCC4)cc32)c1=O. The first kappa shape index (κ1) is 18.5. The number of fused-ring (bicyclic) bond motifs is 3. The number of aromatic amines is 1. The highest BCUT2D eigenvalue weighted by molar-refractivity contribution is 6.04. The second-order valence-electron chi connectivity index (χ2n) is 6.81. The average molecular weight is 379 g/mol. The normalized spacial score (nSPS) is 15.9. The van der Waals surface area contributed by atoms with Gasteiger partial charge in [-0.1, -0.05) is 12.2 Å². The molecule has 0 bridgehead atoms. The molecule has 3 heterocycles. The highest BCUT2D eigenvalue weighted by Gasteiger charge is 2.15. The number of methoxy groups -OCH3 is 1. The molecule has 2 aromatic heterocycles. The Morgan fingerprint density at radius 2 is 2.11 bits per heavy atom. The molecule has 2 N–H and O–H groups in total. The predicted molar refractivity (Wildman–Crippen MR) is 114 cm³/mol. The fourth-order valence-corrected chi connectivity index (χ4v) is 3.61. The Morgan fingerprint density at radius 1 is 1.29 bits per heavy atom. The Labute approximate surface area is 163 Å². The smallest absolute Gasteiger partial charge is 0.280 e. The van der Waals surface area contributed by atoms with Crippen molar-refractivity contribution >= 4 is 33.2 Å². The number of nitrogens with one attached hydrogen (secondary N) is 2. The molecular formula is C21H25N5O2. The maximum atomic E-state index is 13.0. The second kappa shape index (κ2) is 8.00. The zero-order valence-electron chi connectivity index (χ0n) is 16.2. The van der Waals surface area contributed by atoms with Crippen LogP contribution in [0.1, 0.15) is 6.92 Å². The monoisotopic (exact) mass is 379 g/mol. The number of rotatable bonds is 5. The van der Waals surface area contributed by atoms with Crippen LogP contribution >= 0.6 is 0 Å². The molecule has 1 aliphatic heterocycles. The first-order valence-corrected chi connectivity index (χ1v) is 9.54. The number of hydrogen-bond donors (Lipinski definition) is 2. The third-order valence-electron chi connectivity index (χ3n) is 5.10. The van der Waals surface area contributed by atoms with Crippen molar-refractivity contribution in [2.45, 2.75) is 6.92 Å². The minimum atomic E-state index is -0.104. The average Bonchev–Trinajstić information content (AvgIpc) is 3.08. The number of allylic oxidation sites excluding steroid dienone is 3. The van der Waals surface area contributed by atoms with Gasteiger partial charge in [0, 0.05) is 50.6 Å². The first-order valence-electron chi connectivity index (χ1n) is 9.54. The third kappa shape index (κ3) is 3.34. The quantitative estimate of drug-likeness (QED) is 0.666. The number of anilines is 1. The summed E-state index contributed by atoms with van der Waals surface area (Å²) in [6.45, 7) is 6.30. The largest absolute Gasteiger partial charge is 0.381 e. The molecule has 0 aliphatic carbocycles. The van der Waals surface area contributed by atoms with Gasteiger partial charge in [0.25, 0.3) is 5.56 Å². The van der Waals surface area contributed by atoms with E-state index in [1.54, 1.807) is 18.0 Å². The van der Waals surface area contributed by atoms with Crippen molar-refractivity contribution in [1.29, 1.82) is 0 Å². The third-order valence-corrected chi connectivity index (χ3v) is 5.10. The van der Waals surface area contributed by atoms with Gasteiger partial charge in [-0.05, 0) is 31.2 Å². The van der Waals surface area contributed by atoms with Crippen LogP contribution in [0.2, 0.25) is 0 Å². The Morgan fingerprint density at radius 3 is 2.86 bits per heavy atom. The fraction of sp³-hybridized carbons (Fsp3) is 0.333. The number of ether oxygens (including phenoxy) is 1. The zero-order valence-corrected chi connectivity index (χ0v) is 16.2. The van der Waals surface area contributed by atoms with E-state index in [4.69, 9.17) is 4.74 Å². The number of piperazine rings is 1. The number of aromatic nitrogens is 3. The molecule has 0 amide bonds. The molecule has 146 valence electrons. The molecule has 1 fully saturated rings. The van der Waals surface area contributed by atoms with E-state index < -0.39 is 0 Å². The van der Waals surface area contributed by atoms with E-state index in [1.165, 1.54) is 0 Å². The maximum absolute atomic E-state index is 13.0. The molecule has 0 atom stereocenters. The van der Waals surface area contributed by atoms with Crippen LogP contribution in [0.4, 0.5) is 5.69 Å². The van der Waals surface area contributed by atoms with Crippen LogP contribution in [-0.4, -0.2) is 54.7 Å². The number of hydrogen-bond acceptors (Lipinski definition) is 5. The molecule has 4 rings (SSSR count). The van der Waals surface area contributed by atoms with Crippen LogP contribution in [0.15, 0.2) is 47.4 Å². The molecular weight excluding hydrogens is 354 g/mol. The summed E-state index contributed by atoms with van der Waals surface area (Å²) >= 11 is 0. The summed E-state index contributed by atoms with van der Waals surface area (Å²) in [6.07, 6.45) is 7.31. The van der Waals surface area contributed by atoms with Crippen LogP contribution < -0.4 is 15.8 Å². The maximum Gasteiger partial charge on any atom is 0.280 e. The predicted octanol–water partition coefficient (Wildman–Crippen LogP) is 2.35. The highest BCUT2D eigenvalue weighted by Crippen LogP contribution is 2.26. The lowest BCUT2D eigenvalue weighted by Gasteiger charge is -2.29. The van der Waals surface area contributed by atoms with Crippen LogP contribution in [0, 0.1) is 0 Å². The van der Waals surface area contributed by atoms with Gasteiger partial charge in [-0.25, -0.2) is 4.68 Å². The zero-order chi connectivity index (χ0) is 19.5. The van der Waals surface area contributed by atoms with Crippen molar-refractivity contribution in [2.24, 2.45) is 0 Å².